The molecule has 1 fully saturated rings. The highest BCUT2D eigenvalue weighted by molar-refractivity contribution is 6.05. The molecule has 3 aromatic heterocycles. The fraction of sp³-hybridized carbons (Fsp3) is 0.462. The van der Waals surface area contributed by atoms with Crippen molar-refractivity contribution in [3.63, 3.8) is 0 Å². The largest absolute Gasteiger partial charge is 0.503 e. The van der Waals surface area contributed by atoms with Gasteiger partial charge in [0.25, 0.3) is 11.8 Å². The number of aryl methyl sites for hydroxylation is 1. The summed E-state index contributed by atoms with van der Waals surface area (Å²) in [5.41, 5.74) is 7.99. The third-order valence-electron chi connectivity index (χ3n) is 6.84. The highest BCUT2D eigenvalue weighted by atomic mass is 16.3. The van der Waals surface area contributed by atoms with Gasteiger partial charge in [0.15, 0.2) is 17.1 Å². The molecule has 3 aromatic rings. The molecule has 12 nitrogen and oxygen atoms in total. The van der Waals surface area contributed by atoms with E-state index in [2.05, 4.69) is 20.3 Å². The van der Waals surface area contributed by atoms with Crippen molar-refractivity contribution in [2.45, 2.75) is 71.5 Å². The first-order chi connectivity index (χ1) is 18.0. The van der Waals surface area contributed by atoms with E-state index in [1.54, 1.807) is 35.7 Å². The summed E-state index contributed by atoms with van der Waals surface area (Å²) in [6.07, 6.45) is 5.99. The summed E-state index contributed by atoms with van der Waals surface area (Å²) in [5.74, 6) is -1.16. The molecular weight excluding hydrogens is 490 g/mol. The third kappa shape index (κ3) is 5.24. The lowest BCUT2D eigenvalue weighted by molar-refractivity contribution is -0.119. The van der Waals surface area contributed by atoms with Crippen LogP contribution in [-0.2, 0) is 11.3 Å². The molecule has 1 atom stereocenters. The number of amides is 3. The molecular formula is C26H33N7O5. The zero-order valence-corrected chi connectivity index (χ0v) is 21.9. The maximum atomic E-state index is 12.3. The van der Waals surface area contributed by atoms with E-state index < -0.39 is 23.1 Å². The molecule has 0 radical (unpaired) electrons. The summed E-state index contributed by atoms with van der Waals surface area (Å²) in [7, 11) is 0. The van der Waals surface area contributed by atoms with Crippen LogP contribution in [0.1, 0.15) is 78.2 Å². The highest BCUT2D eigenvalue weighted by Gasteiger charge is 2.30. The van der Waals surface area contributed by atoms with E-state index >= 15 is 0 Å². The van der Waals surface area contributed by atoms with E-state index in [1.807, 2.05) is 13.8 Å². The SMILES string of the molecule is CCC(NC(=O)c1c[nH]c2ncc(C3CC3)nc12)C(N)=O.Cc1cc(=O)c(O)c2n1CCN(C(C)C)C2=O. The average Bonchev–Trinajstić information content (AvgIpc) is 3.64. The fourth-order valence-corrected chi connectivity index (χ4v) is 4.46. The minimum atomic E-state index is -0.679. The number of carbonyl (C=O) groups is 3. The Morgan fingerprint density at radius 2 is 1.97 bits per heavy atom. The van der Waals surface area contributed by atoms with Crippen molar-refractivity contribution in [3.8, 4) is 5.75 Å². The van der Waals surface area contributed by atoms with E-state index in [9.17, 15) is 24.3 Å². The average molecular weight is 524 g/mol. The Hall–Kier alpha value is -4.22. The van der Waals surface area contributed by atoms with Gasteiger partial charge in [0, 0.05) is 43.0 Å². The number of primary amides is 1. The van der Waals surface area contributed by atoms with Gasteiger partial charge in [0.2, 0.25) is 11.3 Å². The fourth-order valence-electron chi connectivity index (χ4n) is 4.46. The Morgan fingerprint density at radius 1 is 1.26 bits per heavy atom. The predicted molar refractivity (Wildman–Crippen MR) is 140 cm³/mol. The van der Waals surface area contributed by atoms with Gasteiger partial charge < -0.3 is 30.6 Å². The first-order valence-corrected chi connectivity index (χ1v) is 12.7. The monoisotopic (exact) mass is 523 g/mol. The van der Waals surface area contributed by atoms with Crippen molar-refractivity contribution in [3.05, 3.63) is 51.3 Å². The zero-order chi connectivity index (χ0) is 27.7. The number of H-pyrrole nitrogens is 1. The topological polar surface area (TPSA) is 176 Å². The van der Waals surface area contributed by atoms with Crippen molar-refractivity contribution < 1.29 is 19.5 Å². The van der Waals surface area contributed by atoms with Gasteiger partial charge in [-0.1, -0.05) is 6.92 Å². The number of nitrogens with two attached hydrogens (primary N) is 1. The Labute approximate surface area is 219 Å². The summed E-state index contributed by atoms with van der Waals surface area (Å²) in [4.78, 5) is 60.6. The van der Waals surface area contributed by atoms with E-state index in [4.69, 9.17) is 5.73 Å². The van der Waals surface area contributed by atoms with Crippen LogP contribution in [0.2, 0.25) is 0 Å². The molecule has 3 amide bonds. The van der Waals surface area contributed by atoms with Gasteiger partial charge >= 0.3 is 0 Å². The van der Waals surface area contributed by atoms with Gasteiger partial charge in [-0.2, -0.15) is 0 Å². The smallest absolute Gasteiger partial charge is 0.274 e. The number of rotatable bonds is 6. The number of aromatic amines is 1. The van der Waals surface area contributed by atoms with E-state index in [1.165, 1.54) is 6.07 Å². The Bertz CT molecular complexity index is 1450. The summed E-state index contributed by atoms with van der Waals surface area (Å²) < 4.78 is 1.71. The molecule has 38 heavy (non-hydrogen) atoms. The van der Waals surface area contributed by atoms with Gasteiger partial charge in [-0.05, 0) is 40.0 Å². The molecule has 1 saturated carbocycles. The first kappa shape index (κ1) is 26.8. The van der Waals surface area contributed by atoms with Gasteiger partial charge in [-0.25, -0.2) is 9.97 Å². The highest BCUT2D eigenvalue weighted by Crippen LogP contribution is 2.39. The number of aromatic nitrogens is 4. The lowest BCUT2D eigenvalue weighted by atomic mass is 10.1. The number of pyridine rings is 1. The molecule has 1 aliphatic heterocycles. The van der Waals surface area contributed by atoms with Crippen LogP contribution in [0.15, 0.2) is 23.3 Å². The molecule has 202 valence electrons. The normalized spacial score (nSPS) is 15.6. The van der Waals surface area contributed by atoms with Gasteiger partial charge in [0.05, 0.1) is 17.5 Å². The Balaban J connectivity index is 0.000000181. The van der Waals surface area contributed by atoms with Crippen molar-refractivity contribution in [2.75, 3.05) is 6.54 Å². The summed E-state index contributed by atoms with van der Waals surface area (Å²) in [5, 5.41) is 12.4. The number of nitrogens with zero attached hydrogens (tertiary/aromatic N) is 4. The molecule has 0 aromatic carbocycles. The minimum absolute atomic E-state index is 0.0614. The van der Waals surface area contributed by atoms with E-state index in [0.29, 0.717) is 47.8 Å². The number of fused-ring (bicyclic) bond motifs is 2. The second-order valence-electron chi connectivity index (χ2n) is 9.90. The Morgan fingerprint density at radius 3 is 2.58 bits per heavy atom. The van der Waals surface area contributed by atoms with Crippen LogP contribution < -0.4 is 16.5 Å². The summed E-state index contributed by atoms with van der Waals surface area (Å²) >= 11 is 0. The van der Waals surface area contributed by atoms with E-state index in [-0.39, 0.29) is 23.6 Å². The van der Waals surface area contributed by atoms with Crippen LogP contribution in [-0.4, -0.2) is 65.9 Å². The van der Waals surface area contributed by atoms with Crippen LogP contribution >= 0.6 is 0 Å². The maximum absolute atomic E-state index is 12.3. The molecule has 4 heterocycles. The van der Waals surface area contributed by atoms with Gasteiger partial charge in [-0.15, -0.1) is 0 Å². The number of hydrogen-bond acceptors (Lipinski definition) is 7. The van der Waals surface area contributed by atoms with Crippen molar-refractivity contribution in [1.82, 2.24) is 29.7 Å². The lowest BCUT2D eigenvalue weighted by Gasteiger charge is -2.33. The van der Waals surface area contributed by atoms with E-state index in [0.717, 1.165) is 18.5 Å². The lowest BCUT2D eigenvalue weighted by Crippen LogP contribution is -2.45. The molecule has 1 unspecified atom stereocenters. The van der Waals surface area contributed by atoms with Crippen LogP contribution in [0.5, 0.6) is 5.75 Å². The first-order valence-electron chi connectivity index (χ1n) is 12.7. The van der Waals surface area contributed by atoms with Crippen LogP contribution in [0, 0.1) is 6.92 Å². The summed E-state index contributed by atoms with van der Waals surface area (Å²) in [6.45, 7) is 8.60. The van der Waals surface area contributed by atoms with Crippen LogP contribution in [0.4, 0.5) is 0 Å². The quantitative estimate of drug-likeness (QED) is 0.379. The molecule has 0 bridgehead atoms. The molecule has 5 rings (SSSR count). The third-order valence-corrected chi connectivity index (χ3v) is 6.84. The molecule has 0 saturated heterocycles. The molecule has 2 aliphatic rings. The maximum Gasteiger partial charge on any atom is 0.274 e. The molecule has 5 N–H and O–H groups in total. The van der Waals surface area contributed by atoms with Gasteiger partial charge in [-0.3, -0.25) is 19.2 Å². The van der Waals surface area contributed by atoms with Crippen molar-refractivity contribution >= 4 is 28.9 Å². The van der Waals surface area contributed by atoms with Gasteiger partial charge in [0.1, 0.15) is 11.6 Å². The van der Waals surface area contributed by atoms with Crippen LogP contribution in [0.25, 0.3) is 11.2 Å². The molecule has 1 aliphatic carbocycles. The second kappa shape index (κ2) is 10.6. The van der Waals surface area contributed by atoms with Crippen molar-refractivity contribution in [2.24, 2.45) is 5.73 Å². The number of carbonyl (C=O) groups excluding carboxylic acids is 3. The molecule has 0 spiro atoms. The predicted octanol–water partition coefficient (Wildman–Crippen LogP) is 1.56. The number of nitrogens with one attached hydrogen (secondary N) is 2. The zero-order valence-electron chi connectivity index (χ0n) is 21.9. The molecule has 12 heteroatoms. The Kier molecular flexibility index (Phi) is 7.51. The minimum Gasteiger partial charge on any atom is -0.503 e. The van der Waals surface area contributed by atoms with Crippen LogP contribution in [0.3, 0.4) is 0 Å². The standard InChI is InChI=1S/C14H17N5O2.C12H16N2O3/c1-2-9(12(15)20)19-14(21)8-5-16-13-11(8)18-10(6-17-13)7-3-4-7;1-7(2)13-4-5-14-8(3)6-9(15)11(16)10(14)12(13)17/h5-7,9H,2-4H2,1H3,(H2,15,20)(H,16,17)(H,19,21);6-7,16H,4-5H2,1-3H3. The second-order valence-corrected chi connectivity index (χ2v) is 9.90. The summed E-state index contributed by atoms with van der Waals surface area (Å²) in [6, 6.07) is 0.741. The number of aromatic hydroxyl groups is 1. The van der Waals surface area contributed by atoms with Crippen molar-refractivity contribution in [1.29, 1.82) is 0 Å². The number of hydrogen-bond donors (Lipinski definition) is 4.